The van der Waals surface area contributed by atoms with Crippen molar-refractivity contribution < 1.29 is 19.4 Å². The lowest BCUT2D eigenvalue weighted by Crippen LogP contribution is -2.10. The third kappa shape index (κ3) is 6.26. The molecule has 7 heteroatoms. The first-order valence-corrected chi connectivity index (χ1v) is 8.62. The lowest BCUT2D eigenvalue weighted by Gasteiger charge is -2.11. The lowest BCUT2D eigenvalue weighted by atomic mass is 10.1. The van der Waals surface area contributed by atoms with Gasteiger partial charge in [-0.15, -0.1) is 12.4 Å². The number of pyridine rings is 1. The summed E-state index contributed by atoms with van der Waals surface area (Å²) in [6, 6.07) is 15.9. The zero-order valence-electron chi connectivity index (χ0n) is 15.7. The molecule has 0 aliphatic heterocycles. The summed E-state index contributed by atoms with van der Waals surface area (Å²) < 4.78 is 10.7. The van der Waals surface area contributed by atoms with Crippen molar-refractivity contribution in [2.75, 3.05) is 12.4 Å². The van der Waals surface area contributed by atoms with Crippen LogP contribution in [0.15, 0.2) is 73.1 Å². The number of amides is 1. The van der Waals surface area contributed by atoms with Crippen LogP contribution < -0.4 is 14.8 Å². The Bertz CT molecular complexity index is 978. The van der Waals surface area contributed by atoms with Gasteiger partial charge in [0.05, 0.1) is 7.11 Å². The second kappa shape index (κ2) is 10.7. The maximum absolute atomic E-state index is 12.3. The largest absolute Gasteiger partial charge is 0.504 e. The Balaban J connectivity index is 0.00000300. The number of hydrogen-bond donors (Lipinski definition) is 2. The average Bonchev–Trinajstić information content (AvgIpc) is 2.72. The number of nitrogens with zero attached hydrogens (tertiary/aromatic N) is 1. The van der Waals surface area contributed by atoms with Crippen molar-refractivity contribution in [3.63, 3.8) is 0 Å². The van der Waals surface area contributed by atoms with E-state index in [9.17, 15) is 9.90 Å². The van der Waals surface area contributed by atoms with Gasteiger partial charge in [-0.1, -0.05) is 24.3 Å². The lowest BCUT2D eigenvalue weighted by molar-refractivity contribution is -0.111. The predicted octanol–water partition coefficient (Wildman–Crippen LogP) is 4.45. The molecule has 150 valence electrons. The van der Waals surface area contributed by atoms with Gasteiger partial charge in [0.15, 0.2) is 11.5 Å². The number of methoxy groups -OCH3 is 1. The molecule has 0 radical (unpaired) electrons. The highest BCUT2D eigenvalue weighted by Crippen LogP contribution is 2.26. The summed E-state index contributed by atoms with van der Waals surface area (Å²) in [5.41, 5.74) is 2.20. The Morgan fingerprint density at radius 1 is 1.14 bits per heavy atom. The number of phenols is 1. The summed E-state index contributed by atoms with van der Waals surface area (Å²) in [5, 5.41) is 12.7. The van der Waals surface area contributed by atoms with Crippen LogP contribution in [0.4, 0.5) is 5.69 Å². The molecule has 0 aliphatic carbocycles. The zero-order chi connectivity index (χ0) is 19.8. The Kier molecular flexibility index (Phi) is 8.06. The topological polar surface area (TPSA) is 80.7 Å². The molecule has 0 spiro atoms. The van der Waals surface area contributed by atoms with E-state index in [0.717, 1.165) is 5.56 Å². The molecule has 3 aromatic rings. The van der Waals surface area contributed by atoms with Gasteiger partial charge in [0.2, 0.25) is 5.91 Å². The summed E-state index contributed by atoms with van der Waals surface area (Å²) in [6.07, 6.45) is 6.34. The molecule has 0 atom stereocenters. The molecule has 6 nitrogen and oxygen atoms in total. The SMILES string of the molecule is COc1ccc(/C=C/C(=O)Nc2ccccc2COc2ccncc2)cc1O.Cl. The number of para-hydroxylation sites is 1. The first kappa shape index (κ1) is 21.8. The average molecular weight is 413 g/mol. The van der Waals surface area contributed by atoms with Crippen LogP contribution in [0.2, 0.25) is 0 Å². The fraction of sp³-hybridized carbons (Fsp3) is 0.0909. The van der Waals surface area contributed by atoms with E-state index in [2.05, 4.69) is 10.3 Å². The van der Waals surface area contributed by atoms with Crippen LogP contribution in [-0.4, -0.2) is 23.1 Å². The number of benzene rings is 2. The molecular weight excluding hydrogens is 392 g/mol. The minimum absolute atomic E-state index is 0. The minimum atomic E-state index is -0.285. The Morgan fingerprint density at radius 3 is 2.62 bits per heavy atom. The number of anilines is 1. The van der Waals surface area contributed by atoms with E-state index in [1.807, 2.05) is 24.3 Å². The predicted molar refractivity (Wildman–Crippen MR) is 115 cm³/mol. The van der Waals surface area contributed by atoms with Crippen LogP contribution in [0.25, 0.3) is 6.08 Å². The van der Waals surface area contributed by atoms with Crippen molar-refractivity contribution in [1.82, 2.24) is 4.98 Å². The normalized spacial score (nSPS) is 10.2. The van der Waals surface area contributed by atoms with Crippen LogP contribution >= 0.6 is 12.4 Å². The van der Waals surface area contributed by atoms with E-state index >= 15 is 0 Å². The first-order chi connectivity index (χ1) is 13.7. The smallest absolute Gasteiger partial charge is 0.248 e. The molecule has 3 rings (SSSR count). The number of rotatable bonds is 7. The van der Waals surface area contributed by atoms with Crippen molar-refractivity contribution in [2.24, 2.45) is 0 Å². The second-order valence-corrected chi connectivity index (χ2v) is 5.88. The molecule has 0 fully saturated rings. The molecule has 1 aromatic heterocycles. The van der Waals surface area contributed by atoms with Crippen molar-refractivity contribution in [1.29, 1.82) is 0 Å². The number of carbonyl (C=O) groups is 1. The second-order valence-electron chi connectivity index (χ2n) is 5.88. The molecule has 0 saturated heterocycles. The molecule has 0 saturated carbocycles. The number of nitrogens with one attached hydrogen (secondary N) is 1. The Labute approximate surface area is 175 Å². The van der Waals surface area contributed by atoms with Gasteiger partial charge in [0, 0.05) is 29.7 Å². The van der Waals surface area contributed by atoms with Crippen molar-refractivity contribution in [2.45, 2.75) is 6.61 Å². The summed E-state index contributed by atoms with van der Waals surface area (Å²) in [5.74, 6) is 0.815. The highest BCUT2D eigenvalue weighted by molar-refractivity contribution is 6.02. The van der Waals surface area contributed by atoms with Crippen LogP contribution in [0.3, 0.4) is 0 Å². The summed E-state index contributed by atoms with van der Waals surface area (Å²) in [6.45, 7) is 0.316. The monoisotopic (exact) mass is 412 g/mol. The first-order valence-electron chi connectivity index (χ1n) is 8.62. The summed E-state index contributed by atoms with van der Waals surface area (Å²) >= 11 is 0. The molecule has 29 heavy (non-hydrogen) atoms. The van der Waals surface area contributed by atoms with Crippen molar-refractivity contribution in [3.8, 4) is 17.2 Å². The van der Waals surface area contributed by atoms with E-state index in [0.29, 0.717) is 29.4 Å². The number of carbonyl (C=O) groups excluding carboxylic acids is 1. The summed E-state index contributed by atoms with van der Waals surface area (Å²) in [7, 11) is 1.48. The van der Waals surface area contributed by atoms with Gasteiger partial charge in [-0.3, -0.25) is 9.78 Å². The fourth-order valence-corrected chi connectivity index (χ4v) is 2.52. The third-order valence-corrected chi connectivity index (χ3v) is 3.95. The maximum Gasteiger partial charge on any atom is 0.248 e. The third-order valence-electron chi connectivity index (χ3n) is 3.95. The van der Waals surface area contributed by atoms with Crippen LogP contribution in [0.1, 0.15) is 11.1 Å². The van der Waals surface area contributed by atoms with Crippen LogP contribution in [0, 0.1) is 0 Å². The van der Waals surface area contributed by atoms with E-state index < -0.39 is 0 Å². The van der Waals surface area contributed by atoms with Gasteiger partial charge in [0.1, 0.15) is 12.4 Å². The maximum atomic E-state index is 12.3. The number of hydrogen-bond acceptors (Lipinski definition) is 5. The molecule has 1 amide bonds. The van der Waals surface area contributed by atoms with Gasteiger partial charge in [0.25, 0.3) is 0 Å². The van der Waals surface area contributed by atoms with Gasteiger partial charge in [-0.05, 0) is 42.0 Å². The van der Waals surface area contributed by atoms with Gasteiger partial charge >= 0.3 is 0 Å². The minimum Gasteiger partial charge on any atom is -0.504 e. The van der Waals surface area contributed by atoms with Crippen LogP contribution in [0.5, 0.6) is 17.2 Å². The van der Waals surface area contributed by atoms with Gasteiger partial charge in [-0.2, -0.15) is 0 Å². The highest BCUT2D eigenvalue weighted by Gasteiger charge is 2.06. The zero-order valence-corrected chi connectivity index (χ0v) is 16.6. The van der Waals surface area contributed by atoms with E-state index in [1.165, 1.54) is 19.3 Å². The quantitative estimate of drug-likeness (QED) is 0.560. The molecule has 0 aliphatic rings. The van der Waals surface area contributed by atoms with Crippen molar-refractivity contribution >= 4 is 30.1 Å². The Hall–Kier alpha value is -3.51. The molecular formula is C22H21ClN2O4. The number of phenolic OH excluding ortho intramolecular Hbond substituents is 1. The highest BCUT2D eigenvalue weighted by atomic mass is 35.5. The number of aromatic nitrogens is 1. The number of halogens is 1. The summed E-state index contributed by atoms with van der Waals surface area (Å²) in [4.78, 5) is 16.2. The molecule has 2 N–H and O–H groups in total. The standard InChI is InChI=1S/C22H20N2O4.ClH/c1-27-21-8-6-16(14-20(21)25)7-9-22(26)24-19-5-3-2-4-17(19)15-28-18-10-12-23-13-11-18;/h2-14,25H,15H2,1H3,(H,24,26);1H/b9-7+;. The Morgan fingerprint density at radius 2 is 1.90 bits per heavy atom. The van der Waals surface area contributed by atoms with Crippen molar-refractivity contribution in [3.05, 3.63) is 84.2 Å². The molecule has 2 aromatic carbocycles. The fourth-order valence-electron chi connectivity index (χ4n) is 2.52. The van der Waals surface area contributed by atoms with Gasteiger partial charge < -0.3 is 19.9 Å². The number of aromatic hydroxyl groups is 1. The van der Waals surface area contributed by atoms with E-state index in [1.54, 1.807) is 42.7 Å². The van der Waals surface area contributed by atoms with Gasteiger partial charge in [-0.25, -0.2) is 0 Å². The van der Waals surface area contributed by atoms with E-state index in [-0.39, 0.29) is 24.1 Å². The molecule has 1 heterocycles. The molecule has 0 bridgehead atoms. The van der Waals surface area contributed by atoms with E-state index in [4.69, 9.17) is 9.47 Å². The molecule has 0 unspecified atom stereocenters. The van der Waals surface area contributed by atoms with Crippen LogP contribution in [-0.2, 0) is 11.4 Å². The number of ether oxygens (including phenoxy) is 2.